The van der Waals surface area contributed by atoms with Crippen LogP contribution in [-0.2, 0) is 4.79 Å². The third kappa shape index (κ3) is 1.88. The fraction of sp³-hybridized carbons (Fsp3) is 0.571. The Labute approximate surface area is 54.2 Å². The Morgan fingerprint density at radius 3 is 2.56 bits per heavy atom. The van der Waals surface area contributed by atoms with Crippen LogP contribution in [0.3, 0.4) is 0 Å². The van der Waals surface area contributed by atoms with Gasteiger partial charge >= 0.3 is 5.97 Å². The van der Waals surface area contributed by atoms with E-state index in [2.05, 4.69) is 0 Å². The first-order valence-corrected chi connectivity index (χ1v) is 3.12. The zero-order valence-corrected chi connectivity index (χ0v) is 5.42. The lowest BCUT2D eigenvalue weighted by atomic mass is 10.2. The van der Waals surface area contributed by atoms with Crippen molar-refractivity contribution in [2.75, 3.05) is 0 Å². The minimum atomic E-state index is -0.790. The fourth-order valence-electron chi connectivity index (χ4n) is 0.688. The van der Waals surface area contributed by atoms with Gasteiger partial charge in [-0.25, -0.2) is 4.79 Å². The summed E-state index contributed by atoms with van der Waals surface area (Å²) in [6.07, 6.45) is 4.18. The molecule has 50 valence electrons. The normalized spacial score (nSPS) is 19.9. The van der Waals surface area contributed by atoms with Crippen LogP contribution in [0, 0.1) is 5.92 Å². The molecule has 0 radical (unpaired) electrons. The quantitative estimate of drug-likeness (QED) is 0.568. The second-order valence-corrected chi connectivity index (χ2v) is 2.49. The Morgan fingerprint density at radius 2 is 2.22 bits per heavy atom. The maximum atomic E-state index is 10.2. The van der Waals surface area contributed by atoms with Gasteiger partial charge in [0.2, 0.25) is 0 Å². The van der Waals surface area contributed by atoms with E-state index >= 15 is 0 Å². The lowest BCUT2D eigenvalue weighted by Gasteiger charge is -1.88. The van der Waals surface area contributed by atoms with E-state index in [0.29, 0.717) is 11.5 Å². The number of rotatable bonds is 2. The second-order valence-electron chi connectivity index (χ2n) is 2.49. The van der Waals surface area contributed by atoms with Gasteiger partial charge in [-0.05, 0) is 25.7 Å². The zero-order chi connectivity index (χ0) is 6.85. The monoisotopic (exact) mass is 126 g/mol. The molecule has 1 rings (SSSR count). The van der Waals surface area contributed by atoms with Gasteiger partial charge in [0.25, 0.3) is 0 Å². The average molecular weight is 126 g/mol. The third-order valence-electron chi connectivity index (χ3n) is 1.45. The molecule has 0 atom stereocenters. The minimum absolute atomic E-state index is 0.484. The molecule has 0 amide bonds. The van der Waals surface area contributed by atoms with Crippen LogP contribution in [-0.4, -0.2) is 11.1 Å². The predicted octanol–water partition coefficient (Wildman–Crippen LogP) is 1.43. The smallest absolute Gasteiger partial charge is 0.330 e. The molecular weight excluding hydrogens is 116 g/mol. The molecule has 0 saturated heterocycles. The largest absolute Gasteiger partial charge is 0.478 e. The minimum Gasteiger partial charge on any atom is -0.478 e. The Bertz CT molecular complexity index is 154. The highest BCUT2D eigenvalue weighted by molar-refractivity contribution is 5.85. The molecule has 9 heavy (non-hydrogen) atoms. The van der Waals surface area contributed by atoms with E-state index < -0.39 is 5.97 Å². The van der Waals surface area contributed by atoms with Crippen molar-refractivity contribution in [2.24, 2.45) is 5.92 Å². The van der Waals surface area contributed by atoms with Crippen molar-refractivity contribution in [3.63, 3.8) is 0 Å². The summed E-state index contributed by atoms with van der Waals surface area (Å²) in [6, 6.07) is 0. The van der Waals surface area contributed by atoms with E-state index in [-0.39, 0.29) is 0 Å². The van der Waals surface area contributed by atoms with Gasteiger partial charge in [0.05, 0.1) is 0 Å². The molecule has 1 aliphatic carbocycles. The van der Waals surface area contributed by atoms with Gasteiger partial charge < -0.3 is 5.11 Å². The number of allylic oxidation sites excluding steroid dienone is 1. The number of carbonyl (C=O) groups is 1. The summed E-state index contributed by atoms with van der Waals surface area (Å²) in [5, 5.41) is 8.39. The molecule has 0 heterocycles. The van der Waals surface area contributed by atoms with Crippen molar-refractivity contribution in [1.29, 1.82) is 0 Å². The highest BCUT2D eigenvalue weighted by Gasteiger charge is 2.19. The first-order chi connectivity index (χ1) is 4.20. The average Bonchev–Trinajstić information content (AvgIpc) is 2.50. The van der Waals surface area contributed by atoms with Crippen molar-refractivity contribution in [3.8, 4) is 0 Å². The van der Waals surface area contributed by atoms with Crippen LogP contribution < -0.4 is 0 Å². The van der Waals surface area contributed by atoms with E-state index in [9.17, 15) is 4.79 Å². The number of hydrogen-bond donors (Lipinski definition) is 1. The SMILES string of the molecule is C/C(=C\C1CC1)C(=O)O. The van der Waals surface area contributed by atoms with Crippen LogP contribution in [0.2, 0.25) is 0 Å². The molecule has 0 aliphatic heterocycles. The highest BCUT2D eigenvalue weighted by atomic mass is 16.4. The first kappa shape index (κ1) is 6.33. The molecule has 2 heteroatoms. The molecule has 0 bridgehead atoms. The van der Waals surface area contributed by atoms with Crippen LogP contribution in [0.5, 0.6) is 0 Å². The highest BCUT2D eigenvalue weighted by Crippen LogP contribution is 2.31. The second kappa shape index (κ2) is 2.21. The van der Waals surface area contributed by atoms with Crippen LogP contribution >= 0.6 is 0 Å². The molecule has 0 aromatic heterocycles. The summed E-state index contributed by atoms with van der Waals surface area (Å²) in [4.78, 5) is 10.2. The zero-order valence-electron chi connectivity index (χ0n) is 5.42. The number of carboxylic acids is 1. The summed E-state index contributed by atoms with van der Waals surface area (Å²) in [5.74, 6) is -0.219. The summed E-state index contributed by atoms with van der Waals surface area (Å²) in [6.45, 7) is 1.64. The molecule has 0 aromatic rings. The van der Waals surface area contributed by atoms with E-state index in [1.54, 1.807) is 6.92 Å². The Morgan fingerprint density at radius 1 is 1.67 bits per heavy atom. The van der Waals surface area contributed by atoms with Crippen LogP contribution in [0.15, 0.2) is 11.6 Å². The van der Waals surface area contributed by atoms with E-state index in [1.807, 2.05) is 6.08 Å². The van der Waals surface area contributed by atoms with Crippen LogP contribution in [0.1, 0.15) is 19.8 Å². The Kier molecular flexibility index (Phi) is 1.56. The van der Waals surface area contributed by atoms with Crippen molar-refractivity contribution >= 4 is 5.97 Å². The summed E-state index contributed by atoms with van der Waals surface area (Å²) in [7, 11) is 0. The number of carboxylic acid groups (broad SMARTS) is 1. The molecule has 1 N–H and O–H groups in total. The molecule has 1 saturated carbocycles. The van der Waals surface area contributed by atoms with Gasteiger partial charge in [0, 0.05) is 5.57 Å². The topological polar surface area (TPSA) is 37.3 Å². The van der Waals surface area contributed by atoms with Crippen LogP contribution in [0.25, 0.3) is 0 Å². The fourth-order valence-corrected chi connectivity index (χ4v) is 0.688. The molecule has 2 nitrogen and oxygen atoms in total. The third-order valence-corrected chi connectivity index (χ3v) is 1.45. The van der Waals surface area contributed by atoms with Gasteiger partial charge in [0.1, 0.15) is 0 Å². The standard InChI is InChI=1S/C7H10O2/c1-5(7(8)9)4-6-2-3-6/h4,6H,2-3H2,1H3,(H,8,9)/b5-4+. The lowest BCUT2D eigenvalue weighted by molar-refractivity contribution is -0.132. The Balaban J connectivity index is 2.46. The molecule has 0 unspecified atom stereocenters. The van der Waals surface area contributed by atoms with Gasteiger partial charge in [-0.15, -0.1) is 0 Å². The van der Waals surface area contributed by atoms with Gasteiger partial charge in [0.15, 0.2) is 0 Å². The van der Waals surface area contributed by atoms with E-state index in [4.69, 9.17) is 5.11 Å². The van der Waals surface area contributed by atoms with Crippen molar-refractivity contribution in [1.82, 2.24) is 0 Å². The lowest BCUT2D eigenvalue weighted by Crippen LogP contribution is -1.95. The molecule has 0 spiro atoms. The van der Waals surface area contributed by atoms with E-state index in [0.717, 1.165) is 0 Å². The van der Waals surface area contributed by atoms with Crippen molar-refractivity contribution in [2.45, 2.75) is 19.8 Å². The van der Waals surface area contributed by atoms with Gasteiger partial charge in [-0.1, -0.05) is 6.08 Å². The van der Waals surface area contributed by atoms with Crippen molar-refractivity contribution < 1.29 is 9.90 Å². The maximum absolute atomic E-state index is 10.2. The number of aliphatic carboxylic acids is 1. The summed E-state index contributed by atoms with van der Waals surface area (Å²) < 4.78 is 0. The first-order valence-electron chi connectivity index (χ1n) is 3.12. The van der Waals surface area contributed by atoms with Crippen molar-refractivity contribution in [3.05, 3.63) is 11.6 Å². The molecule has 1 fully saturated rings. The van der Waals surface area contributed by atoms with Gasteiger partial charge in [-0.2, -0.15) is 0 Å². The van der Waals surface area contributed by atoms with Gasteiger partial charge in [-0.3, -0.25) is 0 Å². The predicted molar refractivity (Wildman–Crippen MR) is 34.1 cm³/mol. The van der Waals surface area contributed by atoms with Crippen LogP contribution in [0.4, 0.5) is 0 Å². The molecular formula is C7H10O2. The summed E-state index contributed by atoms with van der Waals surface area (Å²) >= 11 is 0. The molecule has 0 aromatic carbocycles. The summed E-state index contributed by atoms with van der Waals surface area (Å²) in [5.41, 5.74) is 0.484. The molecule has 1 aliphatic rings. The van der Waals surface area contributed by atoms with E-state index in [1.165, 1.54) is 12.8 Å². The maximum Gasteiger partial charge on any atom is 0.330 e. The Hall–Kier alpha value is -0.790. The number of hydrogen-bond acceptors (Lipinski definition) is 1.